The molecule has 1 aromatic carbocycles. The molecular formula is C17H23BrN2O3. The highest BCUT2D eigenvalue weighted by Gasteiger charge is 2.22. The molecule has 0 saturated heterocycles. The van der Waals surface area contributed by atoms with Gasteiger partial charge in [0.05, 0.1) is 6.04 Å². The first-order valence-corrected chi connectivity index (χ1v) is 8.42. The largest absolute Gasteiger partial charge is 0.328 e. The van der Waals surface area contributed by atoms with Crippen LogP contribution in [0.5, 0.6) is 0 Å². The number of halogens is 1. The van der Waals surface area contributed by atoms with Crippen LogP contribution in [-0.2, 0) is 9.59 Å². The summed E-state index contributed by atoms with van der Waals surface area (Å²) in [5, 5.41) is 5.41. The predicted octanol–water partition coefficient (Wildman–Crippen LogP) is 3.92. The number of rotatable bonds is 8. The van der Waals surface area contributed by atoms with E-state index in [2.05, 4.69) is 26.6 Å². The SMILES string of the molecule is CC(=O)CCC(=O)[C@@H](CC(C)C)NC(=O)Nc1ccc(Br)cc1. The number of carbonyl (C=O) groups is 3. The normalized spacial score (nSPS) is 11.9. The average Bonchev–Trinajstić information content (AvgIpc) is 2.46. The molecule has 23 heavy (non-hydrogen) atoms. The summed E-state index contributed by atoms with van der Waals surface area (Å²) < 4.78 is 0.917. The molecule has 1 rings (SSSR count). The zero-order valence-corrected chi connectivity index (χ0v) is 15.3. The van der Waals surface area contributed by atoms with Crippen LogP contribution in [0.25, 0.3) is 0 Å². The number of benzene rings is 1. The Morgan fingerprint density at radius 2 is 1.70 bits per heavy atom. The number of urea groups is 1. The van der Waals surface area contributed by atoms with Gasteiger partial charge in [0.25, 0.3) is 0 Å². The van der Waals surface area contributed by atoms with Crippen molar-refractivity contribution in [2.75, 3.05) is 5.32 Å². The molecule has 2 N–H and O–H groups in total. The van der Waals surface area contributed by atoms with Crippen LogP contribution in [-0.4, -0.2) is 23.6 Å². The van der Waals surface area contributed by atoms with Gasteiger partial charge in [0.15, 0.2) is 5.78 Å². The van der Waals surface area contributed by atoms with E-state index < -0.39 is 12.1 Å². The van der Waals surface area contributed by atoms with Gasteiger partial charge in [-0.1, -0.05) is 29.8 Å². The minimum absolute atomic E-state index is 0.0269. The molecule has 0 heterocycles. The molecule has 0 spiro atoms. The second-order valence-corrected chi connectivity index (χ2v) is 6.87. The van der Waals surface area contributed by atoms with Crippen LogP contribution in [0.15, 0.2) is 28.7 Å². The van der Waals surface area contributed by atoms with E-state index in [-0.39, 0.29) is 30.3 Å². The smallest absolute Gasteiger partial charge is 0.319 e. The summed E-state index contributed by atoms with van der Waals surface area (Å²) in [4.78, 5) is 35.3. The Kier molecular flexibility index (Phi) is 7.95. The molecule has 0 saturated carbocycles. The van der Waals surface area contributed by atoms with E-state index in [4.69, 9.17) is 0 Å². The van der Waals surface area contributed by atoms with Crippen LogP contribution in [0.2, 0.25) is 0 Å². The first-order valence-electron chi connectivity index (χ1n) is 7.63. The van der Waals surface area contributed by atoms with Crippen LogP contribution in [0, 0.1) is 5.92 Å². The first kappa shape index (κ1) is 19.4. The van der Waals surface area contributed by atoms with Crippen LogP contribution >= 0.6 is 15.9 Å². The Balaban J connectivity index is 2.64. The fourth-order valence-electron chi connectivity index (χ4n) is 2.07. The molecule has 0 aromatic heterocycles. The Bertz CT molecular complexity index is 555. The van der Waals surface area contributed by atoms with Crippen LogP contribution in [0.3, 0.4) is 0 Å². The van der Waals surface area contributed by atoms with E-state index in [1.165, 1.54) is 6.92 Å². The topological polar surface area (TPSA) is 75.3 Å². The van der Waals surface area contributed by atoms with Crippen molar-refractivity contribution in [3.63, 3.8) is 0 Å². The van der Waals surface area contributed by atoms with Gasteiger partial charge < -0.3 is 15.4 Å². The van der Waals surface area contributed by atoms with E-state index in [1.54, 1.807) is 12.1 Å². The summed E-state index contributed by atoms with van der Waals surface area (Å²) in [6, 6.07) is 6.16. The monoisotopic (exact) mass is 382 g/mol. The molecule has 1 aromatic rings. The molecule has 0 fully saturated rings. The maximum absolute atomic E-state index is 12.2. The quantitative estimate of drug-likeness (QED) is 0.715. The van der Waals surface area contributed by atoms with E-state index in [1.807, 2.05) is 26.0 Å². The molecule has 0 aliphatic rings. The van der Waals surface area contributed by atoms with Gasteiger partial charge in [-0.2, -0.15) is 0 Å². The number of hydrogen-bond acceptors (Lipinski definition) is 3. The molecule has 0 unspecified atom stereocenters. The van der Waals surface area contributed by atoms with Crippen molar-refractivity contribution in [1.29, 1.82) is 0 Å². The van der Waals surface area contributed by atoms with Crippen molar-refractivity contribution < 1.29 is 14.4 Å². The number of nitrogens with one attached hydrogen (secondary N) is 2. The van der Waals surface area contributed by atoms with Gasteiger partial charge in [-0.15, -0.1) is 0 Å². The number of carbonyl (C=O) groups excluding carboxylic acids is 3. The standard InChI is InChI=1S/C17H23BrN2O3/c1-11(2)10-15(16(22)9-4-12(3)21)20-17(23)19-14-7-5-13(18)6-8-14/h5-8,11,15H,4,9-10H2,1-3H3,(H2,19,20,23)/t15-/m1/s1. The lowest BCUT2D eigenvalue weighted by Crippen LogP contribution is -2.43. The molecule has 5 nitrogen and oxygen atoms in total. The maximum Gasteiger partial charge on any atom is 0.319 e. The van der Waals surface area contributed by atoms with Crippen molar-refractivity contribution in [3.8, 4) is 0 Å². The molecule has 2 amide bonds. The van der Waals surface area contributed by atoms with Gasteiger partial charge >= 0.3 is 6.03 Å². The molecule has 0 bridgehead atoms. The Labute approximate surface area is 145 Å². The second-order valence-electron chi connectivity index (χ2n) is 5.96. The van der Waals surface area contributed by atoms with E-state index >= 15 is 0 Å². The minimum Gasteiger partial charge on any atom is -0.328 e. The highest BCUT2D eigenvalue weighted by atomic mass is 79.9. The van der Waals surface area contributed by atoms with Gasteiger partial charge in [-0.25, -0.2) is 4.79 Å². The number of amides is 2. The Morgan fingerprint density at radius 1 is 1.09 bits per heavy atom. The van der Waals surface area contributed by atoms with Gasteiger partial charge in [0, 0.05) is 23.0 Å². The summed E-state index contributed by atoms with van der Waals surface area (Å²) in [5.41, 5.74) is 0.644. The summed E-state index contributed by atoms with van der Waals surface area (Å²) in [6.45, 7) is 5.43. The van der Waals surface area contributed by atoms with Crippen LogP contribution < -0.4 is 10.6 Å². The molecular weight excluding hydrogens is 360 g/mol. The van der Waals surface area contributed by atoms with Gasteiger partial charge in [-0.3, -0.25) is 4.79 Å². The third kappa shape index (κ3) is 7.93. The molecule has 6 heteroatoms. The Morgan fingerprint density at radius 3 is 2.22 bits per heavy atom. The minimum atomic E-state index is -0.579. The first-order chi connectivity index (χ1) is 10.8. The lowest BCUT2D eigenvalue weighted by Gasteiger charge is -2.20. The van der Waals surface area contributed by atoms with Gasteiger partial charge in [0.1, 0.15) is 5.78 Å². The highest BCUT2D eigenvalue weighted by Crippen LogP contribution is 2.14. The van der Waals surface area contributed by atoms with Crippen molar-refractivity contribution >= 4 is 39.2 Å². The van der Waals surface area contributed by atoms with Gasteiger partial charge in [0.2, 0.25) is 0 Å². The molecule has 0 aliphatic heterocycles. The summed E-state index contributed by atoms with van der Waals surface area (Å²) >= 11 is 3.33. The Hall–Kier alpha value is -1.69. The molecule has 126 valence electrons. The van der Waals surface area contributed by atoms with E-state index in [9.17, 15) is 14.4 Å². The van der Waals surface area contributed by atoms with E-state index in [0.29, 0.717) is 12.1 Å². The predicted molar refractivity (Wildman–Crippen MR) is 94.5 cm³/mol. The number of anilines is 1. The fraction of sp³-hybridized carbons (Fsp3) is 0.471. The summed E-state index contributed by atoms with van der Waals surface area (Å²) in [5.74, 6) is 0.120. The molecule has 0 aliphatic carbocycles. The lowest BCUT2D eigenvalue weighted by atomic mass is 9.97. The van der Waals surface area contributed by atoms with Crippen molar-refractivity contribution in [1.82, 2.24) is 5.32 Å². The number of hydrogen-bond donors (Lipinski definition) is 2. The van der Waals surface area contributed by atoms with Crippen LogP contribution in [0.1, 0.15) is 40.0 Å². The number of Topliss-reactive ketones (excluding diaryl/α,β-unsaturated/α-hetero) is 2. The average molecular weight is 383 g/mol. The van der Waals surface area contributed by atoms with Crippen molar-refractivity contribution in [2.24, 2.45) is 5.92 Å². The van der Waals surface area contributed by atoms with E-state index in [0.717, 1.165) is 4.47 Å². The van der Waals surface area contributed by atoms with Crippen molar-refractivity contribution in [3.05, 3.63) is 28.7 Å². The highest BCUT2D eigenvalue weighted by molar-refractivity contribution is 9.10. The second kappa shape index (κ2) is 9.45. The summed E-state index contributed by atoms with van der Waals surface area (Å²) in [6.07, 6.45) is 0.916. The third-order valence-electron chi connectivity index (χ3n) is 3.23. The summed E-state index contributed by atoms with van der Waals surface area (Å²) in [7, 11) is 0. The fourth-order valence-corrected chi connectivity index (χ4v) is 2.34. The maximum atomic E-state index is 12.2. The van der Waals surface area contributed by atoms with Gasteiger partial charge in [-0.05, 0) is 43.5 Å². The number of ketones is 2. The third-order valence-corrected chi connectivity index (χ3v) is 3.76. The zero-order valence-electron chi connectivity index (χ0n) is 13.7. The van der Waals surface area contributed by atoms with Crippen molar-refractivity contribution in [2.45, 2.75) is 46.1 Å². The van der Waals surface area contributed by atoms with Crippen LogP contribution in [0.4, 0.5) is 10.5 Å². The lowest BCUT2D eigenvalue weighted by molar-refractivity contribution is -0.124. The molecule has 0 radical (unpaired) electrons. The zero-order chi connectivity index (χ0) is 17.4. The molecule has 1 atom stereocenters.